The molecule has 1 fully saturated rings. The lowest BCUT2D eigenvalue weighted by Crippen LogP contribution is -2.30. The Labute approximate surface area is 177 Å². The largest absolute Gasteiger partial charge is 0.442 e. The van der Waals surface area contributed by atoms with Gasteiger partial charge in [0.15, 0.2) is 5.88 Å². The van der Waals surface area contributed by atoms with Crippen LogP contribution in [0.25, 0.3) is 22.0 Å². The number of fused-ring (bicyclic) bond motifs is 1. The number of hydrogen-bond acceptors (Lipinski definition) is 4. The average molecular weight is 404 g/mol. The summed E-state index contributed by atoms with van der Waals surface area (Å²) in [5.41, 5.74) is 1.50. The third-order valence-electron chi connectivity index (χ3n) is 5.82. The van der Waals surface area contributed by atoms with Gasteiger partial charge in [0.05, 0.1) is 11.1 Å². The first-order valence-electron chi connectivity index (χ1n) is 10.8. The third-order valence-corrected chi connectivity index (χ3v) is 5.82. The van der Waals surface area contributed by atoms with Gasteiger partial charge in [-0.2, -0.15) is 5.10 Å². The molecule has 2 heterocycles. The normalized spacial score (nSPS) is 17.8. The number of ether oxygens (including phenoxy) is 1. The van der Waals surface area contributed by atoms with Crippen LogP contribution in [0.4, 0.5) is 0 Å². The van der Waals surface area contributed by atoms with Gasteiger partial charge in [-0.25, -0.2) is 5.10 Å². The van der Waals surface area contributed by atoms with Crippen molar-refractivity contribution in [1.82, 2.24) is 15.1 Å². The maximum atomic E-state index is 12.0. The fourth-order valence-corrected chi connectivity index (χ4v) is 4.15. The quantitative estimate of drug-likeness (QED) is 0.597. The summed E-state index contributed by atoms with van der Waals surface area (Å²) in [5, 5.41) is 8.34. The van der Waals surface area contributed by atoms with E-state index >= 15 is 0 Å². The summed E-state index contributed by atoms with van der Waals surface area (Å²) in [7, 11) is 0. The summed E-state index contributed by atoms with van der Waals surface area (Å²) in [6.45, 7) is 8.49. The number of nitrogens with one attached hydrogen (secondary N) is 1. The van der Waals surface area contributed by atoms with E-state index in [1.165, 1.54) is 32.1 Å². The highest BCUT2D eigenvalue weighted by Gasteiger charge is 2.16. The predicted molar refractivity (Wildman–Crippen MR) is 121 cm³/mol. The highest BCUT2D eigenvalue weighted by Crippen LogP contribution is 2.27. The molecule has 1 saturated heterocycles. The van der Waals surface area contributed by atoms with Crippen LogP contribution in [0, 0.1) is 5.92 Å². The molecule has 1 atom stereocenters. The van der Waals surface area contributed by atoms with Crippen molar-refractivity contribution in [1.29, 1.82) is 0 Å². The van der Waals surface area contributed by atoms with Crippen LogP contribution < -0.4 is 10.3 Å². The third kappa shape index (κ3) is 4.56. The van der Waals surface area contributed by atoms with Crippen LogP contribution >= 0.6 is 0 Å². The summed E-state index contributed by atoms with van der Waals surface area (Å²) in [6.07, 6.45) is 6.35. The van der Waals surface area contributed by atoms with Gasteiger partial charge in [-0.3, -0.25) is 4.79 Å². The van der Waals surface area contributed by atoms with E-state index < -0.39 is 0 Å². The van der Waals surface area contributed by atoms with Crippen molar-refractivity contribution in [3.8, 4) is 17.0 Å². The molecule has 5 heteroatoms. The smallest absolute Gasteiger partial charge is 0.272 e. The number of hydrogen-bond donors (Lipinski definition) is 1. The maximum Gasteiger partial charge on any atom is 0.272 e. The molecule has 0 saturated carbocycles. The molecule has 0 bridgehead atoms. The van der Waals surface area contributed by atoms with Crippen LogP contribution in [-0.2, 0) is 0 Å². The zero-order valence-electron chi connectivity index (χ0n) is 17.6. The molecule has 1 unspecified atom stereocenters. The first-order chi connectivity index (χ1) is 14.6. The Kier molecular flexibility index (Phi) is 6.17. The van der Waals surface area contributed by atoms with Gasteiger partial charge in [0.2, 0.25) is 0 Å². The molecular formula is C25H29N3O2. The van der Waals surface area contributed by atoms with Gasteiger partial charge in [0.1, 0.15) is 5.75 Å². The van der Waals surface area contributed by atoms with Gasteiger partial charge in [-0.05, 0) is 55.7 Å². The summed E-state index contributed by atoms with van der Waals surface area (Å²) >= 11 is 0. The zero-order chi connectivity index (χ0) is 20.9. The van der Waals surface area contributed by atoms with E-state index in [0.29, 0.717) is 17.2 Å². The van der Waals surface area contributed by atoms with Crippen LogP contribution in [0.5, 0.6) is 5.75 Å². The van der Waals surface area contributed by atoms with Crippen molar-refractivity contribution >= 4 is 10.8 Å². The summed E-state index contributed by atoms with van der Waals surface area (Å²) < 4.78 is 6.09. The number of nitrogens with zero attached hydrogens (tertiary/aromatic N) is 2. The van der Waals surface area contributed by atoms with Gasteiger partial charge in [0, 0.05) is 24.0 Å². The van der Waals surface area contributed by atoms with Gasteiger partial charge >= 0.3 is 0 Å². The molecule has 1 aliphatic rings. The van der Waals surface area contributed by atoms with E-state index in [4.69, 9.17) is 4.74 Å². The average Bonchev–Trinajstić information content (AvgIpc) is 2.87. The topological polar surface area (TPSA) is 58.2 Å². The highest BCUT2D eigenvalue weighted by molar-refractivity contribution is 5.93. The van der Waals surface area contributed by atoms with Gasteiger partial charge in [-0.15, -0.1) is 0 Å². The Morgan fingerprint density at radius 1 is 1.07 bits per heavy atom. The lowest BCUT2D eigenvalue weighted by molar-refractivity contribution is 0.193. The molecular weight excluding hydrogens is 374 g/mol. The first kappa shape index (κ1) is 20.2. The summed E-state index contributed by atoms with van der Waals surface area (Å²) in [6, 6.07) is 15.3. The minimum atomic E-state index is -0.177. The van der Waals surface area contributed by atoms with Crippen LogP contribution in [0.2, 0.25) is 0 Å². The Bertz CT molecular complexity index is 1070. The second kappa shape index (κ2) is 9.16. The number of H-pyrrole nitrogens is 1. The second-order valence-electron chi connectivity index (χ2n) is 8.22. The molecule has 0 amide bonds. The first-order valence-corrected chi connectivity index (χ1v) is 10.8. The van der Waals surface area contributed by atoms with E-state index in [0.717, 1.165) is 35.5 Å². The molecule has 0 radical (unpaired) electrons. The molecule has 3 aromatic rings. The van der Waals surface area contributed by atoms with Crippen LogP contribution in [0.1, 0.15) is 39.0 Å². The fraction of sp³-hybridized carbons (Fsp3) is 0.360. The molecule has 1 aliphatic heterocycles. The molecule has 30 heavy (non-hydrogen) atoms. The molecule has 5 nitrogen and oxygen atoms in total. The van der Waals surface area contributed by atoms with Crippen molar-refractivity contribution in [2.75, 3.05) is 13.1 Å². The lowest BCUT2D eigenvalue weighted by Gasteiger charge is -2.28. The minimum absolute atomic E-state index is 0.177. The monoisotopic (exact) mass is 403 g/mol. The van der Waals surface area contributed by atoms with E-state index in [1.807, 2.05) is 48.5 Å². The van der Waals surface area contributed by atoms with Crippen molar-refractivity contribution < 1.29 is 4.74 Å². The van der Waals surface area contributed by atoms with Crippen LogP contribution in [-0.4, -0.2) is 28.2 Å². The summed E-state index contributed by atoms with van der Waals surface area (Å²) in [5.74, 6) is 2.11. The van der Waals surface area contributed by atoms with E-state index in [2.05, 4.69) is 28.6 Å². The van der Waals surface area contributed by atoms with Crippen LogP contribution in [0.3, 0.4) is 0 Å². The fourth-order valence-electron chi connectivity index (χ4n) is 4.15. The molecule has 4 rings (SSSR count). The number of aromatic nitrogens is 2. The lowest BCUT2D eigenvalue weighted by atomic mass is 10.0. The Hall–Kier alpha value is -3.08. The predicted octanol–water partition coefficient (Wildman–Crippen LogP) is 5.34. The Balaban J connectivity index is 1.51. The van der Waals surface area contributed by atoms with Crippen molar-refractivity contribution in [2.45, 2.75) is 39.0 Å². The molecule has 156 valence electrons. The Morgan fingerprint density at radius 2 is 1.80 bits per heavy atom. The molecule has 0 spiro atoms. The van der Waals surface area contributed by atoms with Gasteiger partial charge < -0.3 is 9.64 Å². The van der Waals surface area contributed by atoms with Gasteiger partial charge in [-0.1, -0.05) is 44.4 Å². The SMILES string of the molecule is C=C(Oc1ccc(-c2n[nH]c(=O)c3ccccc23)cc1)N1CCCCCCC(C)C1. The van der Waals surface area contributed by atoms with Crippen LogP contribution in [0.15, 0.2) is 65.8 Å². The number of rotatable bonds is 4. The summed E-state index contributed by atoms with van der Waals surface area (Å²) in [4.78, 5) is 14.3. The molecule has 1 N–H and O–H groups in total. The second-order valence-corrected chi connectivity index (χ2v) is 8.22. The standard InChI is InChI=1S/C25H29N3O2/c1-18-9-5-3-4-8-16-28(17-18)19(2)30-21-14-12-20(13-15-21)24-22-10-6-7-11-23(22)25(29)27-26-24/h6-7,10-15,18H,2-5,8-9,16-17H2,1H3,(H,27,29). The Morgan fingerprint density at radius 3 is 2.60 bits per heavy atom. The van der Waals surface area contributed by atoms with Crippen molar-refractivity contribution in [2.24, 2.45) is 5.92 Å². The molecule has 0 aliphatic carbocycles. The maximum absolute atomic E-state index is 12.0. The highest BCUT2D eigenvalue weighted by atomic mass is 16.5. The number of aromatic amines is 1. The zero-order valence-corrected chi connectivity index (χ0v) is 17.6. The minimum Gasteiger partial charge on any atom is -0.442 e. The van der Waals surface area contributed by atoms with Crippen molar-refractivity contribution in [3.63, 3.8) is 0 Å². The van der Waals surface area contributed by atoms with E-state index in [1.54, 1.807) is 0 Å². The van der Waals surface area contributed by atoms with E-state index in [9.17, 15) is 4.79 Å². The molecule has 1 aromatic heterocycles. The molecule has 2 aromatic carbocycles. The van der Waals surface area contributed by atoms with E-state index in [-0.39, 0.29) is 5.56 Å². The van der Waals surface area contributed by atoms with Gasteiger partial charge in [0.25, 0.3) is 5.56 Å². The number of benzene rings is 2. The van der Waals surface area contributed by atoms with Crippen molar-refractivity contribution in [3.05, 3.63) is 71.3 Å².